The number of carbonyl (C=O) groups excluding carboxylic acids is 2. The quantitative estimate of drug-likeness (QED) is 0.447. The Balaban J connectivity index is 2.76. The number of carbonyl (C=O) groups is 2. The van der Waals surface area contributed by atoms with Gasteiger partial charge >= 0.3 is 11.9 Å². The number of thioether (sulfide) groups is 1. The first-order chi connectivity index (χ1) is 10.8. The van der Waals surface area contributed by atoms with E-state index < -0.39 is 11.9 Å². The lowest BCUT2D eigenvalue weighted by molar-refractivity contribution is -0.133. The third kappa shape index (κ3) is 4.39. The van der Waals surface area contributed by atoms with E-state index in [9.17, 15) is 9.59 Å². The van der Waals surface area contributed by atoms with Gasteiger partial charge < -0.3 is 9.47 Å². The van der Waals surface area contributed by atoms with Crippen LogP contribution in [0.4, 0.5) is 0 Å². The summed E-state index contributed by atoms with van der Waals surface area (Å²) >= 11 is 7.58. The van der Waals surface area contributed by atoms with Crippen LogP contribution in [0.1, 0.15) is 27.7 Å². The van der Waals surface area contributed by atoms with E-state index in [4.69, 9.17) is 21.1 Å². The first-order valence-corrected chi connectivity index (χ1v) is 8.33. The van der Waals surface area contributed by atoms with Crippen LogP contribution in [0.25, 0.3) is 10.8 Å². The van der Waals surface area contributed by atoms with Crippen LogP contribution in [0.2, 0.25) is 5.02 Å². The molecule has 0 saturated heterocycles. The molecule has 2 aromatic carbocycles. The van der Waals surface area contributed by atoms with Gasteiger partial charge in [0.1, 0.15) is 5.75 Å². The summed E-state index contributed by atoms with van der Waals surface area (Å²) in [6.45, 7) is 6.75. The molecule has 0 fully saturated rings. The minimum Gasteiger partial charge on any atom is -0.426 e. The molecule has 0 saturated carbocycles. The van der Waals surface area contributed by atoms with Crippen LogP contribution < -0.4 is 9.47 Å². The van der Waals surface area contributed by atoms with E-state index in [0.717, 1.165) is 4.90 Å². The van der Waals surface area contributed by atoms with Gasteiger partial charge in [-0.1, -0.05) is 25.4 Å². The van der Waals surface area contributed by atoms with Crippen molar-refractivity contribution in [2.45, 2.75) is 37.8 Å². The molecule has 0 N–H and O–H groups in total. The van der Waals surface area contributed by atoms with Gasteiger partial charge in [0, 0.05) is 34.9 Å². The highest BCUT2D eigenvalue weighted by atomic mass is 35.5. The third-order valence-corrected chi connectivity index (χ3v) is 4.10. The summed E-state index contributed by atoms with van der Waals surface area (Å²) in [7, 11) is 0. The van der Waals surface area contributed by atoms with Crippen molar-refractivity contribution in [3.05, 3.63) is 29.3 Å². The maximum absolute atomic E-state index is 11.5. The third-order valence-electron chi connectivity index (χ3n) is 2.84. The van der Waals surface area contributed by atoms with Gasteiger partial charge in [0.2, 0.25) is 0 Å². The number of benzene rings is 2. The van der Waals surface area contributed by atoms with Gasteiger partial charge in [-0.25, -0.2) is 0 Å². The maximum Gasteiger partial charge on any atom is 0.308 e. The summed E-state index contributed by atoms with van der Waals surface area (Å²) in [5, 5.41) is 2.06. The van der Waals surface area contributed by atoms with Crippen molar-refractivity contribution >= 4 is 46.1 Å². The average molecular weight is 353 g/mol. The minimum absolute atomic E-state index is 0.263. The zero-order chi connectivity index (χ0) is 17.1. The standard InChI is InChI=1S/C17H17ClO4S/c1-9(2)23-16-8-15(21-10(3)19)14-7-12(18)5-6-13(14)17(16)22-11(4)20/h5-9H,1-4H3. The van der Waals surface area contributed by atoms with Gasteiger partial charge in [-0.05, 0) is 24.3 Å². The number of ether oxygens (including phenoxy) is 2. The molecule has 0 amide bonds. The lowest BCUT2D eigenvalue weighted by Crippen LogP contribution is -2.06. The van der Waals surface area contributed by atoms with Crippen molar-refractivity contribution in [2.24, 2.45) is 0 Å². The molecule has 4 nitrogen and oxygen atoms in total. The fourth-order valence-corrected chi connectivity index (χ4v) is 3.26. The SMILES string of the molecule is CC(=O)Oc1cc(SC(C)C)c(OC(C)=O)c2ccc(Cl)cc12. The molecule has 0 spiro atoms. The highest BCUT2D eigenvalue weighted by Crippen LogP contribution is 2.43. The molecule has 0 unspecified atom stereocenters. The summed E-state index contributed by atoms with van der Waals surface area (Å²) in [6, 6.07) is 6.86. The molecule has 0 heterocycles. The normalized spacial score (nSPS) is 10.9. The van der Waals surface area contributed by atoms with Gasteiger partial charge in [-0.15, -0.1) is 11.8 Å². The number of halogens is 1. The molecule has 0 bridgehead atoms. The van der Waals surface area contributed by atoms with Crippen LogP contribution in [0.3, 0.4) is 0 Å². The second kappa shape index (κ2) is 7.23. The number of hydrogen-bond donors (Lipinski definition) is 0. The zero-order valence-electron chi connectivity index (χ0n) is 13.3. The van der Waals surface area contributed by atoms with E-state index in [0.29, 0.717) is 27.3 Å². The second-order valence-corrected chi connectivity index (χ2v) is 7.30. The molecule has 6 heteroatoms. The van der Waals surface area contributed by atoms with E-state index in [1.807, 2.05) is 13.8 Å². The molecule has 0 aromatic heterocycles. The molecule has 0 aliphatic carbocycles. The van der Waals surface area contributed by atoms with Crippen LogP contribution in [0, 0.1) is 0 Å². The van der Waals surface area contributed by atoms with E-state index >= 15 is 0 Å². The summed E-state index contributed by atoms with van der Waals surface area (Å²) in [4.78, 5) is 23.6. The van der Waals surface area contributed by atoms with E-state index in [-0.39, 0.29) is 5.25 Å². The molecule has 0 aliphatic rings. The highest BCUT2D eigenvalue weighted by Gasteiger charge is 2.18. The highest BCUT2D eigenvalue weighted by molar-refractivity contribution is 8.00. The first kappa shape index (κ1) is 17.6. The average Bonchev–Trinajstić information content (AvgIpc) is 2.41. The zero-order valence-corrected chi connectivity index (χ0v) is 14.9. The minimum atomic E-state index is -0.424. The van der Waals surface area contributed by atoms with Crippen molar-refractivity contribution < 1.29 is 19.1 Å². The molecular formula is C17H17ClO4S. The Bertz CT molecular complexity index is 771. The molecule has 0 radical (unpaired) electrons. The van der Waals surface area contributed by atoms with Gasteiger partial charge in [-0.2, -0.15) is 0 Å². The Morgan fingerprint density at radius 1 is 1.04 bits per heavy atom. The predicted octanol–water partition coefficient (Wildman–Crippen LogP) is 4.84. The van der Waals surface area contributed by atoms with E-state index in [2.05, 4.69) is 0 Å². The van der Waals surface area contributed by atoms with Crippen molar-refractivity contribution in [1.82, 2.24) is 0 Å². The van der Waals surface area contributed by atoms with Gasteiger partial charge in [0.15, 0.2) is 5.75 Å². The van der Waals surface area contributed by atoms with Crippen LogP contribution in [-0.4, -0.2) is 17.2 Å². The van der Waals surface area contributed by atoms with Crippen molar-refractivity contribution in [1.29, 1.82) is 0 Å². The summed E-state index contributed by atoms with van der Waals surface area (Å²) < 4.78 is 10.7. The molecule has 2 aromatic rings. The van der Waals surface area contributed by atoms with Gasteiger partial charge in [0.25, 0.3) is 0 Å². The monoisotopic (exact) mass is 352 g/mol. The van der Waals surface area contributed by atoms with Gasteiger partial charge in [0.05, 0.1) is 4.90 Å². The number of hydrogen-bond acceptors (Lipinski definition) is 5. The van der Waals surface area contributed by atoms with E-state index in [1.165, 1.54) is 25.6 Å². The Morgan fingerprint density at radius 3 is 2.26 bits per heavy atom. The lowest BCUT2D eigenvalue weighted by atomic mass is 10.1. The van der Waals surface area contributed by atoms with Crippen LogP contribution in [0.5, 0.6) is 11.5 Å². The topological polar surface area (TPSA) is 52.6 Å². The summed E-state index contributed by atoms with van der Waals surface area (Å²) in [6.07, 6.45) is 0. The van der Waals surface area contributed by atoms with Crippen LogP contribution in [-0.2, 0) is 9.59 Å². The molecule has 2 rings (SSSR count). The van der Waals surface area contributed by atoms with Crippen LogP contribution >= 0.6 is 23.4 Å². The first-order valence-electron chi connectivity index (χ1n) is 7.07. The Hall–Kier alpha value is -1.72. The summed E-state index contributed by atoms with van der Waals surface area (Å²) in [5.41, 5.74) is 0. The molecule has 0 atom stereocenters. The van der Waals surface area contributed by atoms with Crippen molar-refractivity contribution in [3.8, 4) is 11.5 Å². The molecule has 23 heavy (non-hydrogen) atoms. The Morgan fingerprint density at radius 2 is 1.70 bits per heavy atom. The lowest BCUT2D eigenvalue weighted by Gasteiger charge is -2.16. The molecule has 0 aliphatic heterocycles. The molecular weight excluding hydrogens is 336 g/mol. The van der Waals surface area contributed by atoms with Crippen molar-refractivity contribution in [2.75, 3.05) is 0 Å². The number of esters is 2. The van der Waals surface area contributed by atoms with Crippen molar-refractivity contribution in [3.63, 3.8) is 0 Å². The molecule has 122 valence electrons. The largest absolute Gasteiger partial charge is 0.426 e. The Labute approximate surface area is 144 Å². The van der Waals surface area contributed by atoms with Gasteiger partial charge in [-0.3, -0.25) is 9.59 Å². The summed E-state index contributed by atoms with van der Waals surface area (Å²) in [5.74, 6) is 0.0203. The number of fused-ring (bicyclic) bond motifs is 1. The Kier molecular flexibility index (Phi) is 5.55. The second-order valence-electron chi connectivity index (χ2n) is 5.25. The fourth-order valence-electron chi connectivity index (χ4n) is 2.14. The predicted molar refractivity (Wildman–Crippen MR) is 92.6 cm³/mol. The van der Waals surface area contributed by atoms with Crippen LogP contribution in [0.15, 0.2) is 29.2 Å². The van der Waals surface area contributed by atoms with E-state index in [1.54, 1.807) is 24.3 Å². The smallest absolute Gasteiger partial charge is 0.308 e. The maximum atomic E-state index is 11.5. The fraction of sp³-hybridized carbons (Fsp3) is 0.294. The number of rotatable bonds is 4.